The normalized spacial score (nSPS) is 10.1. The van der Waals surface area contributed by atoms with Crippen molar-refractivity contribution in [1.29, 1.82) is 0 Å². The number of carbonyl (C=O) groups is 2. The summed E-state index contributed by atoms with van der Waals surface area (Å²) in [6, 6.07) is 13.5. The second kappa shape index (κ2) is 7.61. The summed E-state index contributed by atoms with van der Waals surface area (Å²) in [6.45, 7) is 2.62. The third-order valence-corrected chi connectivity index (χ3v) is 3.26. The van der Waals surface area contributed by atoms with E-state index in [1.54, 1.807) is 48.5 Å². The lowest BCUT2D eigenvalue weighted by atomic mass is 10.1. The highest BCUT2D eigenvalue weighted by molar-refractivity contribution is 6.31. The van der Waals surface area contributed by atoms with Gasteiger partial charge < -0.3 is 10.6 Å². The molecule has 0 spiro atoms. The number of amides is 2. The van der Waals surface area contributed by atoms with Crippen molar-refractivity contribution in [3.05, 3.63) is 64.7 Å². The average molecular weight is 317 g/mol. The minimum atomic E-state index is -0.247. The maximum absolute atomic E-state index is 12.1. The van der Waals surface area contributed by atoms with Gasteiger partial charge in [0.05, 0.1) is 0 Å². The fraction of sp³-hybridized carbons (Fsp3) is 0.176. The van der Waals surface area contributed by atoms with Crippen LogP contribution in [0.1, 0.15) is 34.1 Å². The molecule has 114 valence electrons. The molecule has 0 radical (unpaired) electrons. The molecule has 5 heteroatoms. The Labute approximate surface area is 134 Å². The van der Waals surface area contributed by atoms with E-state index in [1.807, 2.05) is 6.92 Å². The van der Waals surface area contributed by atoms with Crippen molar-refractivity contribution >= 4 is 29.1 Å². The van der Waals surface area contributed by atoms with Gasteiger partial charge in [0.15, 0.2) is 0 Å². The summed E-state index contributed by atoms with van der Waals surface area (Å²) in [6.07, 6.45) is 0.881. The number of hydrogen-bond donors (Lipinski definition) is 2. The van der Waals surface area contributed by atoms with Crippen molar-refractivity contribution in [1.82, 2.24) is 5.32 Å². The Hall–Kier alpha value is -2.33. The Kier molecular flexibility index (Phi) is 5.55. The van der Waals surface area contributed by atoms with Gasteiger partial charge in [-0.25, -0.2) is 0 Å². The van der Waals surface area contributed by atoms with Crippen molar-refractivity contribution in [2.75, 3.05) is 11.9 Å². The number of halogens is 1. The van der Waals surface area contributed by atoms with Gasteiger partial charge in [-0.15, -0.1) is 0 Å². The number of anilines is 1. The molecule has 0 fully saturated rings. The Bertz CT molecular complexity index is 669. The molecule has 0 aliphatic carbocycles. The summed E-state index contributed by atoms with van der Waals surface area (Å²) in [7, 11) is 0. The van der Waals surface area contributed by atoms with E-state index < -0.39 is 0 Å². The molecule has 22 heavy (non-hydrogen) atoms. The van der Waals surface area contributed by atoms with Crippen LogP contribution in [0, 0.1) is 0 Å². The first kappa shape index (κ1) is 16.0. The highest BCUT2D eigenvalue weighted by atomic mass is 35.5. The van der Waals surface area contributed by atoms with Crippen LogP contribution in [-0.2, 0) is 0 Å². The summed E-state index contributed by atoms with van der Waals surface area (Å²) in [5, 5.41) is 6.10. The fourth-order valence-electron chi connectivity index (χ4n) is 1.88. The highest BCUT2D eigenvalue weighted by Gasteiger charge is 2.09. The highest BCUT2D eigenvalue weighted by Crippen LogP contribution is 2.16. The van der Waals surface area contributed by atoms with Crippen molar-refractivity contribution in [3.63, 3.8) is 0 Å². The first-order valence-electron chi connectivity index (χ1n) is 7.05. The number of carbonyl (C=O) groups excluding carboxylic acids is 2. The second-order valence-electron chi connectivity index (χ2n) is 4.80. The molecular formula is C17H17ClN2O2. The largest absolute Gasteiger partial charge is 0.352 e. The molecular weight excluding hydrogens is 300 g/mol. The smallest absolute Gasteiger partial charge is 0.255 e. The predicted octanol–water partition coefficient (Wildman–Crippen LogP) is 3.73. The molecule has 0 atom stereocenters. The maximum atomic E-state index is 12.1. The lowest BCUT2D eigenvalue weighted by Crippen LogP contribution is -2.24. The van der Waals surface area contributed by atoms with Crippen LogP contribution in [0.2, 0.25) is 5.02 Å². The standard InChI is InChI=1S/C17H17ClN2O2/c1-2-10-19-16(21)12-6-8-13(9-7-12)17(22)20-15-5-3-4-14(18)11-15/h3-9,11H,2,10H2,1H3,(H,19,21)(H,20,22). The monoisotopic (exact) mass is 316 g/mol. The molecule has 2 amide bonds. The van der Waals surface area contributed by atoms with E-state index in [0.717, 1.165) is 6.42 Å². The lowest BCUT2D eigenvalue weighted by molar-refractivity contribution is 0.0951. The van der Waals surface area contributed by atoms with E-state index >= 15 is 0 Å². The zero-order valence-electron chi connectivity index (χ0n) is 12.2. The third-order valence-electron chi connectivity index (χ3n) is 3.03. The Morgan fingerprint density at radius 3 is 2.23 bits per heavy atom. The van der Waals surface area contributed by atoms with E-state index in [1.165, 1.54) is 0 Å². The van der Waals surface area contributed by atoms with Gasteiger partial charge in [-0.3, -0.25) is 9.59 Å². The minimum absolute atomic E-state index is 0.136. The van der Waals surface area contributed by atoms with Gasteiger partial charge in [0, 0.05) is 28.4 Å². The first-order valence-corrected chi connectivity index (χ1v) is 7.43. The molecule has 2 aromatic carbocycles. The third kappa shape index (κ3) is 4.33. The van der Waals surface area contributed by atoms with Crippen LogP contribution in [-0.4, -0.2) is 18.4 Å². The number of nitrogens with one attached hydrogen (secondary N) is 2. The van der Waals surface area contributed by atoms with Crippen molar-refractivity contribution in [3.8, 4) is 0 Å². The quantitative estimate of drug-likeness (QED) is 0.883. The van der Waals surface area contributed by atoms with E-state index in [4.69, 9.17) is 11.6 Å². The van der Waals surface area contributed by atoms with Gasteiger partial charge >= 0.3 is 0 Å². The van der Waals surface area contributed by atoms with Gasteiger partial charge in [-0.2, -0.15) is 0 Å². The summed E-state index contributed by atoms with van der Waals surface area (Å²) >= 11 is 5.88. The van der Waals surface area contributed by atoms with Gasteiger partial charge in [0.1, 0.15) is 0 Å². The summed E-state index contributed by atoms with van der Waals surface area (Å²) in [5.41, 5.74) is 1.64. The lowest BCUT2D eigenvalue weighted by Gasteiger charge is -2.07. The number of rotatable bonds is 5. The Morgan fingerprint density at radius 1 is 1.00 bits per heavy atom. The Morgan fingerprint density at radius 2 is 1.64 bits per heavy atom. The topological polar surface area (TPSA) is 58.2 Å². The van der Waals surface area contributed by atoms with Gasteiger partial charge in [0.2, 0.25) is 0 Å². The van der Waals surface area contributed by atoms with Crippen LogP contribution < -0.4 is 10.6 Å². The molecule has 0 bridgehead atoms. The number of hydrogen-bond acceptors (Lipinski definition) is 2. The molecule has 0 unspecified atom stereocenters. The SMILES string of the molecule is CCCNC(=O)c1ccc(C(=O)Nc2cccc(Cl)c2)cc1. The molecule has 0 aromatic heterocycles. The predicted molar refractivity (Wildman–Crippen MR) is 88.5 cm³/mol. The first-order chi connectivity index (χ1) is 10.6. The van der Waals surface area contributed by atoms with E-state index in [0.29, 0.717) is 28.4 Å². The van der Waals surface area contributed by atoms with Crippen LogP contribution in [0.4, 0.5) is 5.69 Å². The molecule has 0 aliphatic rings. The molecule has 2 aromatic rings. The molecule has 2 rings (SSSR count). The summed E-state index contributed by atoms with van der Waals surface area (Å²) in [5.74, 6) is -0.383. The van der Waals surface area contributed by atoms with Crippen LogP contribution >= 0.6 is 11.6 Å². The number of benzene rings is 2. The summed E-state index contributed by atoms with van der Waals surface area (Å²) < 4.78 is 0. The van der Waals surface area contributed by atoms with Gasteiger partial charge in [-0.05, 0) is 48.9 Å². The van der Waals surface area contributed by atoms with Crippen molar-refractivity contribution in [2.24, 2.45) is 0 Å². The zero-order valence-corrected chi connectivity index (χ0v) is 13.0. The van der Waals surface area contributed by atoms with Crippen LogP contribution in [0.3, 0.4) is 0 Å². The minimum Gasteiger partial charge on any atom is -0.352 e. The van der Waals surface area contributed by atoms with E-state index in [-0.39, 0.29) is 11.8 Å². The Balaban J connectivity index is 2.03. The van der Waals surface area contributed by atoms with Gasteiger partial charge in [-0.1, -0.05) is 24.6 Å². The molecule has 0 saturated carbocycles. The van der Waals surface area contributed by atoms with Crippen LogP contribution in [0.5, 0.6) is 0 Å². The zero-order chi connectivity index (χ0) is 15.9. The van der Waals surface area contributed by atoms with Crippen molar-refractivity contribution < 1.29 is 9.59 Å². The molecule has 2 N–H and O–H groups in total. The van der Waals surface area contributed by atoms with Gasteiger partial charge in [0.25, 0.3) is 11.8 Å². The second-order valence-corrected chi connectivity index (χ2v) is 5.23. The average Bonchev–Trinajstić information content (AvgIpc) is 2.52. The summed E-state index contributed by atoms with van der Waals surface area (Å²) in [4.78, 5) is 23.9. The molecule has 0 aliphatic heterocycles. The maximum Gasteiger partial charge on any atom is 0.255 e. The van der Waals surface area contributed by atoms with Crippen LogP contribution in [0.25, 0.3) is 0 Å². The van der Waals surface area contributed by atoms with E-state index in [2.05, 4.69) is 10.6 Å². The van der Waals surface area contributed by atoms with Crippen LogP contribution in [0.15, 0.2) is 48.5 Å². The molecule has 0 saturated heterocycles. The van der Waals surface area contributed by atoms with E-state index in [9.17, 15) is 9.59 Å². The molecule has 0 heterocycles. The molecule has 4 nitrogen and oxygen atoms in total. The fourth-order valence-corrected chi connectivity index (χ4v) is 2.07. The van der Waals surface area contributed by atoms with Crippen molar-refractivity contribution in [2.45, 2.75) is 13.3 Å².